The lowest BCUT2D eigenvalue weighted by Crippen LogP contribution is -2.11. The van der Waals surface area contributed by atoms with Gasteiger partial charge in [-0.05, 0) is 81.4 Å². The van der Waals surface area contributed by atoms with E-state index in [0.29, 0.717) is 45.7 Å². The molecule has 4 nitrogen and oxygen atoms in total. The first-order valence-corrected chi connectivity index (χ1v) is 13.0. The van der Waals surface area contributed by atoms with Crippen molar-refractivity contribution in [3.63, 3.8) is 0 Å². The summed E-state index contributed by atoms with van der Waals surface area (Å²) in [6, 6.07) is 22.7. The standard InChI is InChI=1S/C33H21ClO4/c34-29-21(15-27-30(35)23-11-17-5-1-2-6-18(17)12-24(23)31(27)36)9-10-22(29)16-28-32(37)25-13-19-7-3-4-8-20(19)14-26(25)33(28)38/h1-8,11-16,27,30,35H,9-10H2. The Kier molecular flexibility index (Phi) is 5.12. The molecule has 4 aromatic carbocycles. The normalized spacial score (nSPS) is 21.8. The Bertz CT molecular complexity index is 1800. The third-order valence-electron chi connectivity index (χ3n) is 7.94. The van der Waals surface area contributed by atoms with Gasteiger partial charge in [0.05, 0.1) is 17.6 Å². The molecular weight excluding hydrogens is 496 g/mol. The summed E-state index contributed by atoms with van der Waals surface area (Å²) in [7, 11) is 0. The number of Topliss-reactive ketones (excluding diaryl/α,β-unsaturated/α-hetero) is 3. The predicted octanol–water partition coefficient (Wildman–Crippen LogP) is 7.06. The molecule has 0 saturated carbocycles. The fraction of sp³-hybridized carbons (Fsp3) is 0.121. The minimum Gasteiger partial charge on any atom is -0.387 e. The van der Waals surface area contributed by atoms with Crippen molar-refractivity contribution in [3.05, 3.63) is 129 Å². The summed E-state index contributed by atoms with van der Waals surface area (Å²) in [4.78, 5) is 39.6. The van der Waals surface area contributed by atoms with Crippen molar-refractivity contribution in [1.29, 1.82) is 0 Å². The van der Waals surface area contributed by atoms with Gasteiger partial charge in [-0.1, -0.05) is 66.2 Å². The van der Waals surface area contributed by atoms with Crippen LogP contribution in [-0.2, 0) is 0 Å². The first-order valence-electron chi connectivity index (χ1n) is 12.6. The molecule has 7 rings (SSSR count). The van der Waals surface area contributed by atoms with E-state index in [2.05, 4.69) is 0 Å². The smallest absolute Gasteiger partial charge is 0.197 e. The zero-order valence-electron chi connectivity index (χ0n) is 20.2. The van der Waals surface area contributed by atoms with Crippen LogP contribution in [0.4, 0.5) is 0 Å². The molecule has 2 atom stereocenters. The molecule has 0 amide bonds. The Morgan fingerprint density at radius 3 is 1.84 bits per heavy atom. The van der Waals surface area contributed by atoms with Crippen LogP contribution in [0.25, 0.3) is 21.5 Å². The highest BCUT2D eigenvalue weighted by molar-refractivity contribution is 6.40. The highest BCUT2D eigenvalue weighted by atomic mass is 35.5. The molecule has 0 fully saturated rings. The van der Waals surface area contributed by atoms with Crippen LogP contribution in [0, 0.1) is 5.92 Å². The van der Waals surface area contributed by atoms with Gasteiger partial charge in [-0.2, -0.15) is 0 Å². The second kappa shape index (κ2) is 8.45. The molecule has 0 spiro atoms. The molecule has 0 heterocycles. The zero-order chi connectivity index (χ0) is 26.1. The summed E-state index contributed by atoms with van der Waals surface area (Å²) >= 11 is 6.74. The van der Waals surface area contributed by atoms with E-state index in [1.165, 1.54) is 0 Å². The molecule has 4 aromatic rings. The van der Waals surface area contributed by atoms with Gasteiger partial charge in [-0.3, -0.25) is 14.4 Å². The maximum absolute atomic E-state index is 13.3. The van der Waals surface area contributed by atoms with Gasteiger partial charge in [0, 0.05) is 21.7 Å². The number of hydrogen-bond acceptors (Lipinski definition) is 4. The quantitative estimate of drug-likeness (QED) is 0.229. The van der Waals surface area contributed by atoms with E-state index in [4.69, 9.17) is 11.6 Å². The number of ketones is 3. The van der Waals surface area contributed by atoms with Crippen molar-refractivity contribution >= 4 is 50.5 Å². The third-order valence-corrected chi connectivity index (χ3v) is 8.42. The molecule has 0 aromatic heterocycles. The van der Waals surface area contributed by atoms with Gasteiger partial charge in [0.15, 0.2) is 17.3 Å². The molecule has 0 bridgehead atoms. The molecule has 0 aliphatic heterocycles. The molecule has 0 radical (unpaired) electrons. The van der Waals surface area contributed by atoms with Crippen LogP contribution in [-0.4, -0.2) is 22.5 Å². The maximum Gasteiger partial charge on any atom is 0.197 e. The Balaban J connectivity index is 1.22. The van der Waals surface area contributed by atoms with E-state index < -0.39 is 12.0 Å². The largest absolute Gasteiger partial charge is 0.387 e. The van der Waals surface area contributed by atoms with Gasteiger partial charge in [0.25, 0.3) is 0 Å². The van der Waals surface area contributed by atoms with E-state index >= 15 is 0 Å². The van der Waals surface area contributed by atoms with E-state index in [-0.39, 0.29) is 22.9 Å². The second-order valence-electron chi connectivity index (χ2n) is 10.1. The molecule has 0 saturated heterocycles. The highest BCUT2D eigenvalue weighted by Gasteiger charge is 2.39. The summed E-state index contributed by atoms with van der Waals surface area (Å²) in [6.07, 6.45) is 3.51. The molecule has 38 heavy (non-hydrogen) atoms. The van der Waals surface area contributed by atoms with Gasteiger partial charge >= 0.3 is 0 Å². The third kappa shape index (κ3) is 3.38. The molecule has 2 unspecified atom stereocenters. The first-order chi connectivity index (χ1) is 18.4. The van der Waals surface area contributed by atoms with Crippen LogP contribution in [0.1, 0.15) is 55.6 Å². The topological polar surface area (TPSA) is 71.4 Å². The number of hydrogen-bond donors (Lipinski definition) is 1. The summed E-state index contributed by atoms with van der Waals surface area (Å²) in [5.74, 6) is -1.46. The van der Waals surface area contributed by atoms with E-state index in [1.54, 1.807) is 24.3 Å². The van der Waals surface area contributed by atoms with E-state index in [0.717, 1.165) is 27.1 Å². The summed E-state index contributed by atoms with van der Waals surface area (Å²) in [5, 5.41) is 15.2. The van der Waals surface area contributed by atoms with Gasteiger partial charge in [0.1, 0.15) is 0 Å². The number of rotatable bonds is 2. The van der Waals surface area contributed by atoms with Crippen molar-refractivity contribution in [2.75, 3.05) is 0 Å². The molecule has 5 heteroatoms. The number of halogens is 1. The number of benzene rings is 4. The molecule has 3 aliphatic rings. The number of aliphatic hydroxyl groups is 1. The van der Waals surface area contributed by atoms with Gasteiger partial charge < -0.3 is 5.11 Å². The fourth-order valence-corrected chi connectivity index (χ4v) is 6.22. The first kappa shape index (κ1) is 23.0. The Hall–Kier alpha value is -4.12. The fourth-order valence-electron chi connectivity index (χ4n) is 5.92. The van der Waals surface area contributed by atoms with Crippen molar-refractivity contribution in [3.8, 4) is 0 Å². The highest BCUT2D eigenvalue weighted by Crippen LogP contribution is 2.43. The van der Waals surface area contributed by atoms with Crippen LogP contribution >= 0.6 is 11.6 Å². The monoisotopic (exact) mass is 516 g/mol. The van der Waals surface area contributed by atoms with Crippen LogP contribution in [0.2, 0.25) is 0 Å². The molecule has 1 N–H and O–H groups in total. The van der Waals surface area contributed by atoms with Gasteiger partial charge in [-0.25, -0.2) is 0 Å². The number of fused-ring (bicyclic) bond motifs is 4. The Labute approximate surface area is 223 Å². The number of carbonyl (C=O) groups is 3. The Morgan fingerprint density at radius 1 is 0.737 bits per heavy atom. The van der Waals surface area contributed by atoms with Crippen LogP contribution < -0.4 is 0 Å². The molecule has 184 valence electrons. The van der Waals surface area contributed by atoms with Crippen LogP contribution in [0.3, 0.4) is 0 Å². The van der Waals surface area contributed by atoms with Crippen molar-refractivity contribution in [2.24, 2.45) is 5.92 Å². The van der Waals surface area contributed by atoms with E-state index in [9.17, 15) is 19.5 Å². The summed E-state index contributed by atoms with van der Waals surface area (Å²) in [6.45, 7) is 0. The lowest BCUT2D eigenvalue weighted by Gasteiger charge is -2.11. The number of aliphatic hydroxyl groups excluding tert-OH is 1. The predicted molar refractivity (Wildman–Crippen MR) is 148 cm³/mol. The second-order valence-corrected chi connectivity index (χ2v) is 10.5. The van der Waals surface area contributed by atoms with Gasteiger partial charge in [0.2, 0.25) is 0 Å². The SMILES string of the molecule is O=C1C(=CC2=C(Cl)C(=CC3C(=O)c4cc5ccccc5cc4C3O)CC2)C(=O)c2cc3ccccc3cc21. The number of carbonyl (C=O) groups excluding carboxylic acids is 3. The average molecular weight is 517 g/mol. The zero-order valence-corrected chi connectivity index (χ0v) is 21.0. The van der Waals surface area contributed by atoms with Crippen molar-refractivity contribution in [1.82, 2.24) is 0 Å². The maximum atomic E-state index is 13.3. The number of allylic oxidation sites excluding steroid dienone is 5. The van der Waals surface area contributed by atoms with E-state index in [1.807, 2.05) is 60.7 Å². The van der Waals surface area contributed by atoms with Crippen LogP contribution in [0.15, 0.2) is 107 Å². The minimum atomic E-state index is -0.955. The lowest BCUT2D eigenvalue weighted by molar-refractivity contribution is 0.0832. The summed E-state index contributed by atoms with van der Waals surface area (Å²) in [5.41, 5.74) is 3.53. The van der Waals surface area contributed by atoms with Crippen molar-refractivity contribution in [2.45, 2.75) is 18.9 Å². The average Bonchev–Trinajstić information content (AvgIpc) is 3.48. The molecular formula is C33H21ClO4. The van der Waals surface area contributed by atoms with Crippen LogP contribution in [0.5, 0.6) is 0 Å². The van der Waals surface area contributed by atoms with Crippen molar-refractivity contribution < 1.29 is 19.5 Å². The lowest BCUT2D eigenvalue weighted by atomic mass is 9.98. The Morgan fingerprint density at radius 2 is 1.26 bits per heavy atom. The molecule has 3 aliphatic carbocycles. The summed E-state index contributed by atoms with van der Waals surface area (Å²) < 4.78 is 0. The van der Waals surface area contributed by atoms with Gasteiger partial charge in [-0.15, -0.1) is 0 Å². The minimum absolute atomic E-state index is 0.112.